The quantitative estimate of drug-likeness (QED) is 0.540. The lowest BCUT2D eigenvalue weighted by atomic mass is 10.1. The fraction of sp³-hybridized carbons (Fsp3) is 0.462. The number of aliphatic hydroxyl groups is 1. The average molecular weight is 279 g/mol. The van der Waals surface area contributed by atoms with Crippen molar-refractivity contribution < 1.29 is 14.8 Å². The van der Waals surface area contributed by atoms with Crippen LogP contribution in [-0.4, -0.2) is 41.7 Å². The minimum absolute atomic E-state index is 0.0289. The number of carbonyl (C=O) groups excluding carboxylic acids is 1. The lowest BCUT2D eigenvalue weighted by molar-refractivity contribution is -0.384. The fourth-order valence-corrected chi connectivity index (χ4v) is 2.25. The first kappa shape index (κ1) is 14.4. The predicted molar refractivity (Wildman–Crippen MR) is 72.5 cm³/mol. The first-order valence-corrected chi connectivity index (χ1v) is 6.40. The van der Waals surface area contributed by atoms with Crippen molar-refractivity contribution in [1.29, 1.82) is 0 Å². The number of nitrogens with one attached hydrogen (secondary N) is 2. The molecule has 0 aromatic heterocycles. The Morgan fingerprint density at radius 3 is 2.85 bits per heavy atom. The third kappa shape index (κ3) is 3.31. The third-order valence-corrected chi connectivity index (χ3v) is 3.36. The highest BCUT2D eigenvalue weighted by Gasteiger charge is 2.25. The number of nitro benzene ring substituents is 1. The van der Waals surface area contributed by atoms with Crippen molar-refractivity contribution in [2.24, 2.45) is 5.92 Å². The number of amides is 1. The first-order valence-electron chi connectivity index (χ1n) is 6.40. The van der Waals surface area contributed by atoms with Crippen LogP contribution in [0.1, 0.15) is 15.9 Å². The van der Waals surface area contributed by atoms with Gasteiger partial charge in [0, 0.05) is 43.2 Å². The van der Waals surface area contributed by atoms with Crippen LogP contribution >= 0.6 is 0 Å². The Morgan fingerprint density at radius 2 is 2.25 bits per heavy atom. The number of nitro groups is 1. The molecule has 2 atom stereocenters. The number of nitrogens with zero attached hydrogens (tertiary/aromatic N) is 1. The second-order valence-corrected chi connectivity index (χ2v) is 5.01. The van der Waals surface area contributed by atoms with E-state index in [1.165, 1.54) is 12.1 Å². The van der Waals surface area contributed by atoms with E-state index in [0.29, 0.717) is 25.2 Å². The van der Waals surface area contributed by atoms with E-state index < -0.39 is 11.0 Å². The number of carbonyl (C=O) groups is 1. The van der Waals surface area contributed by atoms with E-state index >= 15 is 0 Å². The summed E-state index contributed by atoms with van der Waals surface area (Å²) in [5, 5.41) is 26.1. The molecule has 0 bridgehead atoms. The Kier molecular flexibility index (Phi) is 4.31. The molecular weight excluding hydrogens is 262 g/mol. The summed E-state index contributed by atoms with van der Waals surface area (Å²) in [6.07, 6.45) is -0.470. The van der Waals surface area contributed by atoms with Crippen molar-refractivity contribution in [3.05, 3.63) is 39.4 Å². The molecule has 1 aromatic rings. The van der Waals surface area contributed by atoms with Crippen molar-refractivity contribution in [2.75, 3.05) is 19.6 Å². The van der Waals surface area contributed by atoms with Gasteiger partial charge in [-0.15, -0.1) is 0 Å². The van der Waals surface area contributed by atoms with Gasteiger partial charge in [-0.05, 0) is 18.6 Å². The van der Waals surface area contributed by atoms with Crippen LogP contribution in [0.4, 0.5) is 5.69 Å². The minimum Gasteiger partial charge on any atom is -0.391 e. The van der Waals surface area contributed by atoms with Gasteiger partial charge in [0.15, 0.2) is 0 Å². The lowest BCUT2D eigenvalue weighted by Gasteiger charge is -2.14. The number of non-ortho nitro benzene ring substituents is 1. The topological polar surface area (TPSA) is 104 Å². The minimum atomic E-state index is -0.519. The maximum atomic E-state index is 12.0. The Labute approximate surface area is 116 Å². The molecule has 0 radical (unpaired) electrons. The molecule has 7 heteroatoms. The Bertz CT molecular complexity index is 532. The van der Waals surface area contributed by atoms with Gasteiger partial charge in [-0.3, -0.25) is 14.9 Å². The third-order valence-electron chi connectivity index (χ3n) is 3.36. The average Bonchev–Trinajstić information content (AvgIpc) is 2.80. The molecule has 1 aliphatic rings. The lowest BCUT2D eigenvalue weighted by Crippen LogP contribution is -2.34. The molecule has 1 aliphatic heterocycles. The smallest absolute Gasteiger partial charge is 0.270 e. The van der Waals surface area contributed by atoms with E-state index in [0.717, 1.165) is 0 Å². The van der Waals surface area contributed by atoms with Gasteiger partial charge in [-0.1, -0.05) is 0 Å². The molecule has 1 fully saturated rings. The van der Waals surface area contributed by atoms with E-state index in [1.807, 2.05) is 0 Å². The van der Waals surface area contributed by atoms with Crippen molar-refractivity contribution in [3.8, 4) is 0 Å². The largest absolute Gasteiger partial charge is 0.391 e. The van der Waals surface area contributed by atoms with Crippen molar-refractivity contribution in [3.63, 3.8) is 0 Å². The van der Waals surface area contributed by atoms with Gasteiger partial charge in [0.05, 0.1) is 11.0 Å². The Balaban J connectivity index is 2.03. The van der Waals surface area contributed by atoms with E-state index in [1.54, 1.807) is 13.0 Å². The molecule has 20 heavy (non-hydrogen) atoms. The molecule has 0 saturated carbocycles. The van der Waals surface area contributed by atoms with Gasteiger partial charge < -0.3 is 15.7 Å². The molecule has 0 aliphatic carbocycles. The summed E-state index contributed by atoms with van der Waals surface area (Å²) in [4.78, 5) is 22.3. The monoisotopic (exact) mass is 279 g/mol. The SMILES string of the molecule is Cc1cc(C(=O)NCC2CNCC2O)cc([N+](=O)[O-])c1. The van der Waals surface area contributed by atoms with E-state index in [-0.39, 0.29) is 23.1 Å². The van der Waals surface area contributed by atoms with Crippen LogP contribution in [0.2, 0.25) is 0 Å². The number of aliphatic hydroxyl groups excluding tert-OH is 1. The highest BCUT2D eigenvalue weighted by atomic mass is 16.6. The van der Waals surface area contributed by atoms with Crippen molar-refractivity contribution in [2.45, 2.75) is 13.0 Å². The summed E-state index contributed by atoms with van der Waals surface area (Å²) in [5.41, 5.74) is 0.821. The standard InChI is InChI=1S/C13H17N3O4/c1-8-2-9(4-11(3-8)16(19)20)13(18)15-6-10-5-14-7-12(10)17/h2-4,10,12,14,17H,5-7H2,1H3,(H,15,18). The summed E-state index contributed by atoms with van der Waals surface area (Å²) in [6, 6.07) is 4.28. The van der Waals surface area contributed by atoms with Crippen LogP contribution in [0.25, 0.3) is 0 Å². The van der Waals surface area contributed by atoms with Gasteiger partial charge in [0.2, 0.25) is 0 Å². The van der Waals surface area contributed by atoms with Crippen LogP contribution < -0.4 is 10.6 Å². The van der Waals surface area contributed by atoms with Crippen LogP contribution in [0.15, 0.2) is 18.2 Å². The van der Waals surface area contributed by atoms with E-state index in [9.17, 15) is 20.0 Å². The van der Waals surface area contributed by atoms with Crippen molar-refractivity contribution in [1.82, 2.24) is 10.6 Å². The van der Waals surface area contributed by atoms with Crippen LogP contribution in [0.3, 0.4) is 0 Å². The van der Waals surface area contributed by atoms with Gasteiger partial charge >= 0.3 is 0 Å². The summed E-state index contributed by atoms with van der Waals surface area (Å²) in [7, 11) is 0. The van der Waals surface area contributed by atoms with E-state index in [2.05, 4.69) is 10.6 Å². The van der Waals surface area contributed by atoms with Crippen LogP contribution in [0.5, 0.6) is 0 Å². The molecule has 2 rings (SSSR count). The van der Waals surface area contributed by atoms with Gasteiger partial charge in [0.1, 0.15) is 0 Å². The Morgan fingerprint density at radius 1 is 1.50 bits per heavy atom. The highest BCUT2D eigenvalue weighted by molar-refractivity contribution is 5.95. The number of benzene rings is 1. The normalized spacial score (nSPS) is 21.7. The number of aryl methyl sites for hydroxylation is 1. The zero-order valence-electron chi connectivity index (χ0n) is 11.1. The zero-order valence-corrected chi connectivity index (χ0v) is 11.1. The number of hydrogen-bond acceptors (Lipinski definition) is 5. The molecule has 0 spiro atoms. The maximum absolute atomic E-state index is 12.0. The first-order chi connectivity index (χ1) is 9.47. The molecule has 1 aromatic carbocycles. The van der Waals surface area contributed by atoms with Crippen LogP contribution in [0, 0.1) is 23.0 Å². The molecule has 3 N–H and O–H groups in total. The van der Waals surface area contributed by atoms with Gasteiger partial charge in [-0.25, -0.2) is 0 Å². The number of hydrogen-bond donors (Lipinski definition) is 3. The highest BCUT2D eigenvalue weighted by Crippen LogP contribution is 2.17. The molecule has 1 saturated heterocycles. The predicted octanol–water partition coefficient (Wildman–Crippen LogP) is 0.213. The van der Waals surface area contributed by atoms with Gasteiger partial charge in [0.25, 0.3) is 11.6 Å². The maximum Gasteiger partial charge on any atom is 0.270 e. The summed E-state index contributed by atoms with van der Waals surface area (Å²) >= 11 is 0. The Hall–Kier alpha value is -1.99. The molecule has 2 unspecified atom stereocenters. The second-order valence-electron chi connectivity index (χ2n) is 5.01. The van der Waals surface area contributed by atoms with Crippen LogP contribution in [-0.2, 0) is 0 Å². The van der Waals surface area contributed by atoms with Crippen molar-refractivity contribution >= 4 is 11.6 Å². The molecule has 108 valence electrons. The fourth-order valence-electron chi connectivity index (χ4n) is 2.25. The number of rotatable bonds is 4. The molecular formula is C13H17N3O4. The summed E-state index contributed by atoms with van der Waals surface area (Å²) < 4.78 is 0. The molecule has 1 amide bonds. The molecule has 1 heterocycles. The van der Waals surface area contributed by atoms with Gasteiger partial charge in [-0.2, -0.15) is 0 Å². The number of β-amino-alcohol motifs (C(OH)–C–C–N with tert-alkyl or cyclic N) is 1. The molecule has 7 nitrogen and oxygen atoms in total. The van der Waals surface area contributed by atoms with E-state index in [4.69, 9.17) is 0 Å². The second kappa shape index (κ2) is 5.98. The summed E-state index contributed by atoms with van der Waals surface area (Å²) in [6.45, 7) is 3.22. The summed E-state index contributed by atoms with van der Waals surface area (Å²) in [5.74, 6) is -0.394. The zero-order chi connectivity index (χ0) is 14.7.